The van der Waals surface area contributed by atoms with E-state index in [1.807, 2.05) is 13.8 Å². The van der Waals surface area contributed by atoms with Crippen LogP contribution in [0.25, 0.3) is 0 Å². The van der Waals surface area contributed by atoms with Crippen molar-refractivity contribution in [2.24, 2.45) is 0 Å². The van der Waals surface area contributed by atoms with Crippen molar-refractivity contribution in [3.8, 4) is 5.75 Å². The second-order valence-electron chi connectivity index (χ2n) is 3.22. The van der Waals surface area contributed by atoms with Crippen molar-refractivity contribution in [3.63, 3.8) is 0 Å². The second kappa shape index (κ2) is 3.95. The molecular formula is C9H12N2O3. The van der Waals surface area contributed by atoms with Gasteiger partial charge >= 0.3 is 0 Å². The summed E-state index contributed by atoms with van der Waals surface area (Å²) in [5.41, 5.74) is -0.431. The van der Waals surface area contributed by atoms with E-state index >= 15 is 0 Å². The molecule has 0 radical (unpaired) electrons. The summed E-state index contributed by atoms with van der Waals surface area (Å²) in [6, 6.07) is 1.06. The lowest BCUT2D eigenvalue weighted by Crippen LogP contribution is -2.31. The highest BCUT2D eigenvalue weighted by molar-refractivity contribution is 5.92. The van der Waals surface area contributed by atoms with Gasteiger partial charge < -0.3 is 15.4 Å². The van der Waals surface area contributed by atoms with Gasteiger partial charge in [0.15, 0.2) is 5.75 Å². The smallest absolute Gasteiger partial charge is 0.268 e. The summed E-state index contributed by atoms with van der Waals surface area (Å²) in [6.45, 7) is 3.63. The average Bonchev–Trinajstić information content (AvgIpc) is 2.08. The lowest BCUT2D eigenvalue weighted by molar-refractivity contribution is 0.0938. The quantitative estimate of drug-likeness (QED) is 0.632. The minimum atomic E-state index is -0.572. The van der Waals surface area contributed by atoms with Crippen LogP contribution in [-0.4, -0.2) is 22.0 Å². The molecule has 14 heavy (non-hydrogen) atoms. The van der Waals surface area contributed by atoms with Gasteiger partial charge in [0, 0.05) is 18.3 Å². The Labute approximate surface area is 80.8 Å². The van der Waals surface area contributed by atoms with Gasteiger partial charge in [0.05, 0.1) is 0 Å². The van der Waals surface area contributed by atoms with Crippen LogP contribution in [0.15, 0.2) is 17.1 Å². The number of rotatable bonds is 2. The summed E-state index contributed by atoms with van der Waals surface area (Å²) < 4.78 is 0. The van der Waals surface area contributed by atoms with E-state index in [4.69, 9.17) is 5.11 Å². The molecule has 0 saturated carbocycles. The number of aromatic nitrogens is 1. The molecule has 1 heterocycles. The first kappa shape index (κ1) is 10.3. The van der Waals surface area contributed by atoms with Gasteiger partial charge in [0.25, 0.3) is 5.91 Å². The Bertz CT molecular complexity index is 395. The number of aromatic hydroxyl groups is 1. The van der Waals surface area contributed by atoms with E-state index in [1.54, 1.807) is 0 Å². The molecule has 1 aromatic rings. The Balaban J connectivity index is 2.92. The SMILES string of the molecule is CC(C)NC(=O)c1cc(=O)c(O)c[nH]1. The molecule has 1 rings (SSSR count). The number of carbonyl (C=O) groups is 1. The second-order valence-corrected chi connectivity index (χ2v) is 3.22. The average molecular weight is 196 g/mol. The molecule has 0 atom stereocenters. The lowest BCUT2D eigenvalue weighted by Gasteiger charge is -2.07. The predicted octanol–water partition coefficient (Wildman–Crippen LogP) is 0.219. The minimum Gasteiger partial charge on any atom is -0.503 e. The van der Waals surface area contributed by atoms with Gasteiger partial charge in [-0.2, -0.15) is 0 Å². The maximum absolute atomic E-state index is 11.4. The van der Waals surface area contributed by atoms with Crippen LogP contribution in [0, 0.1) is 0 Å². The van der Waals surface area contributed by atoms with Crippen molar-refractivity contribution in [1.82, 2.24) is 10.3 Å². The molecule has 76 valence electrons. The molecule has 0 aromatic carbocycles. The first-order valence-corrected chi connectivity index (χ1v) is 4.23. The van der Waals surface area contributed by atoms with Crippen molar-refractivity contribution in [1.29, 1.82) is 0 Å². The summed E-state index contributed by atoms with van der Waals surface area (Å²) in [4.78, 5) is 24.9. The largest absolute Gasteiger partial charge is 0.503 e. The van der Waals surface area contributed by atoms with E-state index in [-0.39, 0.29) is 17.6 Å². The summed E-state index contributed by atoms with van der Waals surface area (Å²) in [5, 5.41) is 11.5. The van der Waals surface area contributed by atoms with Crippen LogP contribution in [0.3, 0.4) is 0 Å². The highest BCUT2D eigenvalue weighted by atomic mass is 16.3. The van der Waals surface area contributed by atoms with Crippen LogP contribution in [0.1, 0.15) is 24.3 Å². The topological polar surface area (TPSA) is 82.2 Å². The number of aromatic amines is 1. The zero-order valence-electron chi connectivity index (χ0n) is 8.00. The summed E-state index contributed by atoms with van der Waals surface area (Å²) >= 11 is 0. The molecule has 0 aliphatic carbocycles. The van der Waals surface area contributed by atoms with E-state index in [0.29, 0.717) is 0 Å². The van der Waals surface area contributed by atoms with Crippen LogP contribution in [0.2, 0.25) is 0 Å². The van der Waals surface area contributed by atoms with E-state index in [9.17, 15) is 9.59 Å². The van der Waals surface area contributed by atoms with E-state index in [2.05, 4.69) is 10.3 Å². The van der Waals surface area contributed by atoms with Crippen molar-refractivity contribution in [2.75, 3.05) is 0 Å². The molecule has 0 saturated heterocycles. The van der Waals surface area contributed by atoms with Gasteiger partial charge in [-0.15, -0.1) is 0 Å². The number of hydrogen-bond acceptors (Lipinski definition) is 3. The molecule has 1 amide bonds. The monoisotopic (exact) mass is 196 g/mol. The number of nitrogens with one attached hydrogen (secondary N) is 2. The molecule has 0 unspecified atom stereocenters. The minimum absolute atomic E-state index is 0.000180. The highest BCUT2D eigenvalue weighted by Crippen LogP contribution is 1.98. The predicted molar refractivity (Wildman–Crippen MR) is 51.3 cm³/mol. The summed E-state index contributed by atoms with van der Waals surface area (Å²) in [6.07, 6.45) is 1.09. The lowest BCUT2D eigenvalue weighted by atomic mass is 10.3. The van der Waals surface area contributed by atoms with Crippen LogP contribution in [0.5, 0.6) is 5.75 Å². The van der Waals surface area contributed by atoms with Crippen LogP contribution < -0.4 is 10.7 Å². The normalized spacial score (nSPS) is 10.2. The highest BCUT2D eigenvalue weighted by Gasteiger charge is 2.08. The molecule has 0 fully saturated rings. The number of hydrogen-bond donors (Lipinski definition) is 3. The maximum Gasteiger partial charge on any atom is 0.268 e. The molecule has 3 N–H and O–H groups in total. The molecule has 5 heteroatoms. The van der Waals surface area contributed by atoms with Gasteiger partial charge in [0.1, 0.15) is 5.69 Å². The zero-order valence-corrected chi connectivity index (χ0v) is 8.00. The Hall–Kier alpha value is -1.78. The number of H-pyrrole nitrogens is 1. The summed E-state index contributed by atoms with van der Waals surface area (Å²) in [7, 11) is 0. The third-order valence-corrected chi connectivity index (χ3v) is 1.56. The molecule has 0 aliphatic rings. The number of amides is 1. The first-order chi connectivity index (χ1) is 6.50. The standard InChI is InChI=1S/C9H12N2O3/c1-5(2)11-9(14)6-3-7(12)8(13)4-10-6/h3-5,13H,1-2H3,(H,10,12)(H,11,14). The molecular weight excluding hydrogens is 184 g/mol. The fourth-order valence-corrected chi connectivity index (χ4v) is 0.935. The fourth-order valence-electron chi connectivity index (χ4n) is 0.935. The van der Waals surface area contributed by atoms with Crippen molar-refractivity contribution < 1.29 is 9.90 Å². The van der Waals surface area contributed by atoms with Gasteiger partial charge in [0.2, 0.25) is 5.43 Å². The Morgan fingerprint density at radius 2 is 2.21 bits per heavy atom. The van der Waals surface area contributed by atoms with Gasteiger partial charge in [-0.05, 0) is 13.8 Å². The zero-order chi connectivity index (χ0) is 10.7. The van der Waals surface area contributed by atoms with E-state index in [0.717, 1.165) is 12.3 Å². The van der Waals surface area contributed by atoms with Gasteiger partial charge in [-0.25, -0.2) is 0 Å². The van der Waals surface area contributed by atoms with E-state index < -0.39 is 11.2 Å². The molecule has 0 aliphatic heterocycles. The van der Waals surface area contributed by atoms with Crippen LogP contribution in [-0.2, 0) is 0 Å². The fraction of sp³-hybridized carbons (Fsp3) is 0.333. The molecule has 0 spiro atoms. The van der Waals surface area contributed by atoms with E-state index in [1.165, 1.54) is 0 Å². The Kier molecular flexibility index (Phi) is 2.91. The van der Waals surface area contributed by atoms with Crippen molar-refractivity contribution >= 4 is 5.91 Å². The number of pyridine rings is 1. The van der Waals surface area contributed by atoms with Crippen molar-refractivity contribution in [3.05, 3.63) is 28.2 Å². The van der Waals surface area contributed by atoms with Gasteiger partial charge in [-0.3, -0.25) is 9.59 Å². The molecule has 0 bridgehead atoms. The third kappa shape index (κ3) is 2.35. The maximum atomic E-state index is 11.4. The summed E-state index contributed by atoms with van der Waals surface area (Å²) in [5.74, 6) is -0.761. The molecule has 5 nitrogen and oxygen atoms in total. The third-order valence-electron chi connectivity index (χ3n) is 1.56. The van der Waals surface area contributed by atoms with Crippen LogP contribution >= 0.6 is 0 Å². The molecule has 1 aromatic heterocycles. The van der Waals surface area contributed by atoms with Crippen LogP contribution in [0.4, 0.5) is 0 Å². The number of carbonyl (C=O) groups excluding carboxylic acids is 1. The first-order valence-electron chi connectivity index (χ1n) is 4.23. The Morgan fingerprint density at radius 1 is 1.57 bits per heavy atom. The van der Waals surface area contributed by atoms with Crippen molar-refractivity contribution in [2.45, 2.75) is 19.9 Å². The van der Waals surface area contributed by atoms with Gasteiger partial charge in [-0.1, -0.05) is 0 Å². The Morgan fingerprint density at radius 3 is 2.71 bits per heavy atom.